The lowest BCUT2D eigenvalue weighted by atomic mass is 10.1. The van der Waals surface area contributed by atoms with Crippen LogP contribution in [0.25, 0.3) is 0 Å². The maximum Gasteiger partial charge on any atom is 0.171 e. The third-order valence-corrected chi connectivity index (χ3v) is 2.91. The minimum absolute atomic E-state index is 0.292. The van der Waals surface area contributed by atoms with Crippen molar-refractivity contribution in [3.05, 3.63) is 0 Å². The Morgan fingerprint density at radius 2 is 2.29 bits per heavy atom. The summed E-state index contributed by atoms with van der Waals surface area (Å²) in [6, 6.07) is 0.292. The summed E-state index contributed by atoms with van der Waals surface area (Å²) in [6.07, 6.45) is 3.86. The van der Waals surface area contributed by atoms with E-state index < -0.39 is 6.23 Å². The van der Waals surface area contributed by atoms with Crippen molar-refractivity contribution in [2.24, 2.45) is 0 Å². The minimum atomic E-state index is -0.393. The number of unbranched alkanes of at least 4 members (excludes halogenated alkanes) is 2. The first-order chi connectivity index (χ1) is 6.65. The molecule has 0 amide bonds. The molecule has 0 bridgehead atoms. The third kappa shape index (κ3) is 3.10. The number of hydrogen-bond donors (Lipinski definition) is 2. The van der Waals surface area contributed by atoms with Crippen LogP contribution >= 0.6 is 12.2 Å². The van der Waals surface area contributed by atoms with E-state index in [4.69, 9.17) is 12.2 Å². The lowest BCUT2D eigenvalue weighted by Gasteiger charge is -2.38. The predicted octanol–water partition coefficient (Wildman–Crippen LogP) is 1.46. The highest BCUT2D eigenvalue weighted by molar-refractivity contribution is 7.80. The SMILES string of the molecule is CCCCCN1C(=S)NC(C)CC1O. The Labute approximate surface area is 91.5 Å². The first kappa shape index (κ1) is 11.7. The molecule has 1 heterocycles. The molecular formula is C10H20N2OS. The average molecular weight is 216 g/mol. The van der Waals surface area contributed by atoms with E-state index in [0.29, 0.717) is 11.2 Å². The average Bonchev–Trinajstić information content (AvgIpc) is 2.09. The standard InChI is InChI=1S/C10H20N2OS/c1-3-4-5-6-12-9(13)7-8(2)11-10(12)14/h8-9,13H,3-7H2,1-2H3,(H,11,14). The summed E-state index contributed by atoms with van der Waals surface area (Å²) in [5.41, 5.74) is 0. The van der Waals surface area contributed by atoms with E-state index in [1.807, 2.05) is 11.8 Å². The molecular weight excluding hydrogens is 196 g/mol. The van der Waals surface area contributed by atoms with Crippen molar-refractivity contribution in [1.82, 2.24) is 10.2 Å². The Balaban J connectivity index is 2.38. The van der Waals surface area contributed by atoms with Crippen LogP contribution in [-0.2, 0) is 0 Å². The van der Waals surface area contributed by atoms with E-state index in [0.717, 1.165) is 19.4 Å². The summed E-state index contributed by atoms with van der Waals surface area (Å²) in [5, 5.41) is 13.7. The normalized spacial score (nSPS) is 27.6. The molecule has 1 fully saturated rings. The second kappa shape index (κ2) is 5.51. The van der Waals surface area contributed by atoms with Gasteiger partial charge in [-0.05, 0) is 25.6 Å². The summed E-state index contributed by atoms with van der Waals surface area (Å²) < 4.78 is 0. The molecule has 14 heavy (non-hydrogen) atoms. The van der Waals surface area contributed by atoms with Crippen molar-refractivity contribution >= 4 is 17.3 Å². The zero-order chi connectivity index (χ0) is 10.6. The molecule has 2 atom stereocenters. The Hall–Kier alpha value is -0.350. The fraction of sp³-hybridized carbons (Fsp3) is 0.900. The van der Waals surface area contributed by atoms with Gasteiger partial charge >= 0.3 is 0 Å². The van der Waals surface area contributed by atoms with E-state index in [9.17, 15) is 5.11 Å². The van der Waals surface area contributed by atoms with Gasteiger partial charge in [0.05, 0.1) is 0 Å². The van der Waals surface area contributed by atoms with Gasteiger partial charge in [0.2, 0.25) is 0 Å². The van der Waals surface area contributed by atoms with E-state index in [-0.39, 0.29) is 0 Å². The van der Waals surface area contributed by atoms with Crippen LogP contribution in [0.1, 0.15) is 39.5 Å². The fourth-order valence-corrected chi connectivity index (χ4v) is 2.13. The number of rotatable bonds is 4. The van der Waals surface area contributed by atoms with Gasteiger partial charge in [0.25, 0.3) is 0 Å². The summed E-state index contributed by atoms with van der Waals surface area (Å²) in [4.78, 5) is 1.89. The molecule has 1 aliphatic rings. The molecule has 0 spiro atoms. The lowest BCUT2D eigenvalue weighted by molar-refractivity contribution is 0.0249. The van der Waals surface area contributed by atoms with Gasteiger partial charge < -0.3 is 15.3 Å². The van der Waals surface area contributed by atoms with E-state index >= 15 is 0 Å². The third-order valence-electron chi connectivity index (χ3n) is 2.56. The van der Waals surface area contributed by atoms with E-state index in [2.05, 4.69) is 12.2 Å². The summed E-state index contributed by atoms with van der Waals surface area (Å²) in [5.74, 6) is 0. The second-order valence-electron chi connectivity index (χ2n) is 3.97. The first-order valence-electron chi connectivity index (χ1n) is 5.40. The molecule has 1 saturated heterocycles. The highest BCUT2D eigenvalue weighted by Crippen LogP contribution is 2.13. The van der Waals surface area contributed by atoms with Crippen molar-refractivity contribution in [3.8, 4) is 0 Å². The Morgan fingerprint density at radius 3 is 2.86 bits per heavy atom. The molecule has 0 aliphatic carbocycles. The van der Waals surface area contributed by atoms with Crippen LogP contribution in [0.2, 0.25) is 0 Å². The van der Waals surface area contributed by atoms with Crippen molar-refractivity contribution in [1.29, 1.82) is 0 Å². The maximum absolute atomic E-state index is 9.81. The second-order valence-corrected chi connectivity index (χ2v) is 4.35. The van der Waals surface area contributed by atoms with E-state index in [1.54, 1.807) is 0 Å². The molecule has 0 saturated carbocycles. The van der Waals surface area contributed by atoms with Gasteiger partial charge in [-0.15, -0.1) is 0 Å². The Morgan fingerprint density at radius 1 is 1.57 bits per heavy atom. The number of aliphatic hydroxyl groups is 1. The summed E-state index contributed by atoms with van der Waals surface area (Å²) in [7, 11) is 0. The van der Waals surface area contributed by atoms with Crippen LogP contribution in [0.5, 0.6) is 0 Å². The van der Waals surface area contributed by atoms with Crippen molar-refractivity contribution in [3.63, 3.8) is 0 Å². The quantitative estimate of drug-likeness (QED) is 0.551. The van der Waals surface area contributed by atoms with Gasteiger partial charge in [-0.2, -0.15) is 0 Å². The summed E-state index contributed by atoms with van der Waals surface area (Å²) >= 11 is 5.19. The van der Waals surface area contributed by atoms with Crippen LogP contribution in [0.3, 0.4) is 0 Å². The molecule has 0 aromatic rings. The van der Waals surface area contributed by atoms with Crippen LogP contribution in [0.4, 0.5) is 0 Å². The van der Waals surface area contributed by atoms with Crippen LogP contribution in [0.15, 0.2) is 0 Å². The van der Waals surface area contributed by atoms with Crippen molar-refractivity contribution in [2.45, 2.75) is 51.8 Å². The molecule has 2 unspecified atom stereocenters. The van der Waals surface area contributed by atoms with Crippen molar-refractivity contribution in [2.75, 3.05) is 6.54 Å². The van der Waals surface area contributed by atoms with Gasteiger partial charge in [-0.25, -0.2) is 0 Å². The molecule has 1 rings (SSSR count). The van der Waals surface area contributed by atoms with Gasteiger partial charge in [-0.3, -0.25) is 0 Å². The molecule has 0 aromatic heterocycles. The van der Waals surface area contributed by atoms with Gasteiger partial charge in [0.1, 0.15) is 6.23 Å². The van der Waals surface area contributed by atoms with Gasteiger partial charge in [0.15, 0.2) is 5.11 Å². The van der Waals surface area contributed by atoms with Crippen molar-refractivity contribution < 1.29 is 5.11 Å². The molecule has 3 nitrogen and oxygen atoms in total. The molecule has 4 heteroatoms. The van der Waals surface area contributed by atoms with Crippen LogP contribution in [-0.4, -0.2) is 33.9 Å². The minimum Gasteiger partial charge on any atom is -0.373 e. The topological polar surface area (TPSA) is 35.5 Å². The monoisotopic (exact) mass is 216 g/mol. The molecule has 0 radical (unpaired) electrons. The molecule has 1 aliphatic heterocycles. The summed E-state index contributed by atoms with van der Waals surface area (Å²) in [6.45, 7) is 5.08. The zero-order valence-electron chi connectivity index (χ0n) is 8.99. The number of nitrogens with one attached hydrogen (secondary N) is 1. The van der Waals surface area contributed by atoms with Crippen LogP contribution in [0, 0.1) is 0 Å². The number of aliphatic hydroxyl groups excluding tert-OH is 1. The smallest absolute Gasteiger partial charge is 0.171 e. The van der Waals surface area contributed by atoms with Crippen LogP contribution < -0.4 is 5.32 Å². The maximum atomic E-state index is 9.81. The van der Waals surface area contributed by atoms with Gasteiger partial charge in [-0.1, -0.05) is 19.8 Å². The molecule has 2 N–H and O–H groups in total. The number of nitrogens with zero attached hydrogens (tertiary/aromatic N) is 1. The van der Waals surface area contributed by atoms with E-state index in [1.165, 1.54) is 12.8 Å². The van der Waals surface area contributed by atoms with Gasteiger partial charge in [0, 0.05) is 19.0 Å². The zero-order valence-corrected chi connectivity index (χ0v) is 9.81. The predicted molar refractivity (Wildman–Crippen MR) is 62.1 cm³/mol. The number of hydrogen-bond acceptors (Lipinski definition) is 2. The highest BCUT2D eigenvalue weighted by Gasteiger charge is 2.26. The first-order valence-corrected chi connectivity index (χ1v) is 5.81. The highest BCUT2D eigenvalue weighted by atomic mass is 32.1. The molecule has 82 valence electrons. The molecule has 0 aromatic carbocycles. The Bertz CT molecular complexity index is 199. The largest absolute Gasteiger partial charge is 0.373 e. The fourth-order valence-electron chi connectivity index (χ4n) is 1.71. The lowest BCUT2D eigenvalue weighted by Crippen LogP contribution is -2.55. The number of thiocarbonyl (C=S) groups is 1. The Kier molecular flexibility index (Phi) is 4.62.